The summed E-state index contributed by atoms with van der Waals surface area (Å²) in [5.41, 5.74) is 1.90. The summed E-state index contributed by atoms with van der Waals surface area (Å²) in [5, 5.41) is 4.25. The molecule has 0 aliphatic carbocycles. The van der Waals surface area contributed by atoms with Crippen LogP contribution < -0.4 is 0 Å². The first-order chi connectivity index (χ1) is 14.4. The smallest absolute Gasteiger partial charge is 0.431 e. The summed E-state index contributed by atoms with van der Waals surface area (Å²) in [6.07, 6.45) is -1.68. The molecule has 1 aromatic heterocycles. The third-order valence-electron chi connectivity index (χ3n) is 4.40. The Morgan fingerprint density at radius 1 is 1.06 bits per heavy atom. The molecule has 10 heteroatoms. The van der Waals surface area contributed by atoms with E-state index in [9.17, 15) is 18.0 Å². The second kappa shape index (κ2) is 8.43. The van der Waals surface area contributed by atoms with Crippen molar-refractivity contribution < 1.29 is 27.5 Å². The predicted octanol–water partition coefficient (Wildman–Crippen LogP) is 4.66. The molecule has 0 saturated carbocycles. The summed E-state index contributed by atoms with van der Waals surface area (Å²) >= 11 is 3.30. The van der Waals surface area contributed by atoms with Crippen LogP contribution in [0.15, 0.2) is 39.7 Å². The van der Waals surface area contributed by atoms with Gasteiger partial charge in [-0.1, -0.05) is 33.6 Å². The zero-order valence-electron chi connectivity index (χ0n) is 17.6. The number of halogens is 1. The Balaban J connectivity index is 2.19. The van der Waals surface area contributed by atoms with Crippen LogP contribution in [0.4, 0.5) is 4.79 Å². The molecule has 0 aliphatic rings. The van der Waals surface area contributed by atoms with E-state index in [1.165, 1.54) is 12.1 Å². The molecule has 8 nitrogen and oxygen atoms in total. The minimum Gasteiger partial charge on any atom is -0.431 e. The largest absolute Gasteiger partial charge is 0.516 e. The lowest BCUT2D eigenvalue weighted by atomic mass is 10.1. The highest BCUT2D eigenvalue weighted by molar-refractivity contribution is 9.10. The lowest BCUT2D eigenvalue weighted by molar-refractivity contribution is 0.0280. The molecule has 0 amide bonds. The predicted molar refractivity (Wildman–Crippen MR) is 118 cm³/mol. The highest BCUT2D eigenvalue weighted by Gasteiger charge is 2.30. The second-order valence-corrected chi connectivity index (χ2v) is 10.0. The molecule has 0 radical (unpaired) electrons. The van der Waals surface area contributed by atoms with Crippen LogP contribution in [0.25, 0.3) is 10.9 Å². The zero-order valence-corrected chi connectivity index (χ0v) is 20.0. The summed E-state index contributed by atoms with van der Waals surface area (Å²) in [4.78, 5) is 24.5. The molecule has 0 fully saturated rings. The maximum atomic E-state index is 13.5. The Kier molecular flexibility index (Phi) is 6.24. The van der Waals surface area contributed by atoms with Gasteiger partial charge in [-0.3, -0.25) is 0 Å². The monoisotopic (exact) mass is 508 g/mol. The second-order valence-electron chi connectivity index (χ2n) is 7.39. The Bertz CT molecular complexity index is 1290. The van der Waals surface area contributed by atoms with Crippen LogP contribution in [-0.4, -0.2) is 35.8 Å². The highest BCUT2D eigenvalue weighted by atomic mass is 79.9. The summed E-state index contributed by atoms with van der Waals surface area (Å²) in [6.45, 7) is 8.48. The van der Waals surface area contributed by atoms with Crippen molar-refractivity contribution in [2.45, 2.75) is 45.6 Å². The molecule has 1 heterocycles. The van der Waals surface area contributed by atoms with Gasteiger partial charge in [0.1, 0.15) is 0 Å². The number of rotatable bonds is 4. The number of esters is 1. The van der Waals surface area contributed by atoms with Gasteiger partial charge in [-0.25, -0.2) is 9.59 Å². The number of ether oxygens (including phenoxy) is 2. The fraction of sp³-hybridized carbons (Fsp3) is 0.286. The van der Waals surface area contributed by atoms with Crippen LogP contribution in [0.2, 0.25) is 0 Å². The standard InChI is InChI=1S/C21H21BrN2O6S/c1-11(2)29-21(26)30-20(25)18-16-10-15(22)6-7-17(16)24(23-18)31(27,28)19-13(4)8-12(3)9-14(19)5/h6-11H,1-5H3. The van der Waals surface area contributed by atoms with Crippen molar-refractivity contribution in [2.75, 3.05) is 0 Å². The van der Waals surface area contributed by atoms with Crippen LogP contribution in [-0.2, 0) is 19.5 Å². The molecule has 0 unspecified atom stereocenters. The molecule has 0 N–H and O–H groups in total. The lowest BCUT2D eigenvalue weighted by Crippen LogP contribution is -2.20. The number of hydrogen-bond donors (Lipinski definition) is 0. The van der Waals surface area contributed by atoms with Crippen LogP contribution in [0.3, 0.4) is 0 Å². The molecule has 3 aromatic rings. The van der Waals surface area contributed by atoms with Gasteiger partial charge in [0.25, 0.3) is 10.0 Å². The van der Waals surface area contributed by atoms with Gasteiger partial charge in [0, 0.05) is 9.86 Å². The van der Waals surface area contributed by atoms with Crippen molar-refractivity contribution in [3.05, 3.63) is 57.2 Å². The third kappa shape index (κ3) is 4.49. The van der Waals surface area contributed by atoms with Gasteiger partial charge >= 0.3 is 12.1 Å². The third-order valence-corrected chi connectivity index (χ3v) is 6.79. The molecular weight excluding hydrogens is 488 g/mol. The van der Waals surface area contributed by atoms with Crippen LogP contribution in [0.5, 0.6) is 0 Å². The van der Waals surface area contributed by atoms with E-state index in [0.717, 1.165) is 9.65 Å². The number of aromatic nitrogens is 2. The van der Waals surface area contributed by atoms with E-state index >= 15 is 0 Å². The van der Waals surface area contributed by atoms with Crippen molar-refractivity contribution in [1.82, 2.24) is 9.19 Å². The van der Waals surface area contributed by atoms with Crippen LogP contribution >= 0.6 is 15.9 Å². The van der Waals surface area contributed by atoms with E-state index in [-0.39, 0.29) is 21.5 Å². The van der Waals surface area contributed by atoms with E-state index in [1.807, 2.05) is 6.92 Å². The fourth-order valence-electron chi connectivity index (χ4n) is 3.40. The van der Waals surface area contributed by atoms with E-state index < -0.39 is 28.3 Å². The molecule has 3 rings (SSSR count). The molecule has 0 saturated heterocycles. The normalized spacial score (nSPS) is 11.7. The first-order valence-electron chi connectivity index (χ1n) is 9.36. The van der Waals surface area contributed by atoms with Gasteiger partial charge < -0.3 is 9.47 Å². The summed E-state index contributed by atoms with van der Waals surface area (Å²) in [5.74, 6) is -1.11. The topological polar surface area (TPSA) is 105 Å². The maximum Gasteiger partial charge on any atom is 0.516 e. The van der Waals surface area contributed by atoms with Crippen molar-refractivity contribution in [3.8, 4) is 0 Å². The quantitative estimate of drug-likeness (QED) is 0.372. The zero-order chi connectivity index (χ0) is 23.1. The fourth-order valence-corrected chi connectivity index (χ4v) is 5.47. The minimum atomic E-state index is -4.15. The molecule has 2 aromatic carbocycles. The molecule has 0 bridgehead atoms. The summed E-state index contributed by atoms with van der Waals surface area (Å²) < 4.78 is 38.0. The van der Waals surface area contributed by atoms with Gasteiger partial charge in [0.2, 0.25) is 0 Å². The first-order valence-corrected chi connectivity index (χ1v) is 11.6. The number of hydrogen-bond acceptors (Lipinski definition) is 7. The molecular formula is C21H21BrN2O6S. The van der Waals surface area contributed by atoms with E-state index in [0.29, 0.717) is 15.6 Å². The van der Waals surface area contributed by atoms with Crippen LogP contribution in [0, 0.1) is 20.8 Å². The summed E-state index contributed by atoms with van der Waals surface area (Å²) in [6, 6.07) is 8.21. The van der Waals surface area contributed by atoms with E-state index in [4.69, 9.17) is 9.47 Å². The molecule has 164 valence electrons. The van der Waals surface area contributed by atoms with Gasteiger partial charge in [0.15, 0.2) is 5.69 Å². The first kappa shape index (κ1) is 23.0. The van der Waals surface area contributed by atoms with Gasteiger partial charge in [-0.15, -0.1) is 5.10 Å². The Morgan fingerprint density at radius 3 is 2.26 bits per heavy atom. The van der Waals surface area contributed by atoms with Crippen molar-refractivity contribution >= 4 is 49.0 Å². The number of carbonyl (C=O) groups excluding carboxylic acids is 2. The molecule has 0 spiro atoms. The molecule has 0 aliphatic heterocycles. The number of fused-ring (bicyclic) bond motifs is 1. The minimum absolute atomic E-state index is 0.101. The van der Waals surface area contributed by atoms with E-state index in [1.54, 1.807) is 45.9 Å². The average Bonchev–Trinajstić information content (AvgIpc) is 2.99. The van der Waals surface area contributed by atoms with Gasteiger partial charge in [-0.05, 0) is 63.9 Å². The molecule has 31 heavy (non-hydrogen) atoms. The number of aryl methyl sites for hydroxylation is 3. The lowest BCUT2D eigenvalue weighted by Gasteiger charge is -2.12. The Morgan fingerprint density at radius 2 is 1.68 bits per heavy atom. The Labute approximate surface area is 188 Å². The number of nitrogens with zero attached hydrogens (tertiary/aromatic N) is 2. The van der Waals surface area contributed by atoms with Crippen molar-refractivity contribution in [1.29, 1.82) is 0 Å². The van der Waals surface area contributed by atoms with Crippen molar-refractivity contribution in [3.63, 3.8) is 0 Å². The van der Waals surface area contributed by atoms with Crippen LogP contribution in [0.1, 0.15) is 41.0 Å². The molecule has 0 atom stereocenters. The highest BCUT2D eigenvalue weighted by Crippen LogP contribution is 2.30. The Hall–Kier alpha value is -2.72. The SMILES string of the molecule is Cc1cc(C)c(S(=O)(=O)n2nc(C(=O)OC(=O)OC(C)C)c3cc(Br)ccc32)c(C)c1. The van der Waals surface area contributed by atoms with E-state index in [2.05, 4.69) is 21.0 Å². The number of benzene rings is 2. The number of carbonyl (C=O) groups is 2. The van der Waals surface area contributed by atoms with Gasteiger partial charge in [-0.2, -0.15) is 12.5 Å². The van der Waals surface area contributed by atoms with Gasteiger partial charge in [0.05, 0.1) is 16.5 Å². The van der Waals surface area contributed by atoms with Crippen molar-refractivity contribution in [2.24, 2.45) is 0 Å². The average molecular weight is 509 g/mol. The summed E-state index contributed by atoms with van der Waals surface area (Å²) in [7, 11) is -4.15. The maximum absolute atomic E-state index is 13.5.